The van der Waals surface area contributed by atoms with Crippen molar-refractivity contribution in [2.75, 3.05) is 13.1 Å². The summed E-state index contributed by atoms with van der Waals surface area (Å²) in [6, 6.07) is 11.2. The van der Waals surface area contributed by atoms with Gasteiger partial charge < -0.3 is 15.1 Å². The number of fused-ring (bicyclic) bond motifs is 1. The fourth-order valence-corrected chi connectivity index (χ4v) is 3.78. The van der Waals surface area contributed by atoms with Gasteiger partial charge in [-0.3, -0.25) is 4.79 Å². The van der Waals surface area contributed by atoms with Gasteiger partial charge in [0, 0.05) is 29.5 Å². The topological polar surface area (TPSA) is 54.3 Å². The molecule has 1 aromatic heterocycles. The molecule has 4 nitrogen and oxygen atoms in total. The Balaban J connectivity index is 1.59. The van der Waals surface area contributed by atoms with E-state index < -0.39 is 11.6 Å². The largest absolute Gasteiger partial charge is 0.451 e. The molecule has 1 aliphatic heterocycles. The van der Waals surface area contributed by atoms with E-state index in [9.17, 15) is 13.6 Å². The van der Waals surface area contributed by atoms with Gasteiger partial charge in [0.05, 0.1) is 0 Å². The first-order chi connectivity index (χ1) is 13.0. The third kappa shape index (κ3) is 3.32. The SMILES string of the molecule is Cc1c(C(=O)NC2CNCCC2c2ccc(F)c(F)c2)oc2ccccc12. The summed E-state index contributed by atoms with van der Waals surface area (Å²) in [6.45, 7) is 3.15. The van der Waals surface area contributed by atoms with Gasteiger partial charge in [-0.05, 0) is 43.7 Å². The van der Waals surface area contributed by atoms with Crippen LogP contribution < -0.4 is 10.6 Å². The first-order valence-corrected chi connectivity index (χ1v) is 8.99. The van der Waals surface area contributed by atoms with E-state index in [2.05, 4.69) is 10.6 Å². The molecule has 0 bridgehead atoms. The summed E-state index contributed by atoms with van der Waals surface area (Å²) in [5.41, 5.74) is 2.14. The lowest BCUT2D eigenvalue weighted by molar-refractivity contribution is 0.0897. The minimum atomic E-state index is -0.871. The second kappa shape index (κ2) is 7.12. The number of benzene rings is 2. The Hall–Kier alpha value is -2.73. The fraction of sp³-hybridized carbons (Fsp3) is 0.286. The molecule has 2 N–H and O–H groups in total. The second-order valence-corrected chi connectivity index (χ2v) is 6.91. The minimum absolute atomic E-state index is 0.102. The Kier molecular flexibility index (Phi) is 4.66. The van der Waals surface area contributed by atoms with E-state index in [4.69, 9.17) is 4.42 Å². The lowest BCUT2D eigenvalue weighted by atomic mass is 9.86. The number of nitrogens with one attached hydrogen (secondary N) is 2. The van der Waals surface area contributed by atoms with Crippen molar-refractivity contribution in [3.63, 3.8) is 0 Å². The van der Waals surface area contributed by atoms with Crippen LogP contribution in [-0.4, -0.2) is 25.0 Å². The molecule has 2 atom stereocenters. The molecule has 140 valence electrons. The first-order valence-electron chi connectivity index (χ1n) is 8.99. The van der Waals surface area contributed by atoms with Gasteiger partial charge in [0.25, 0.3) is 5.91 Å². The fourth-order valence-electron chi connectivity index (χ4n) is 3.78. The predicted molar refractivity (Wildman–Crippen MR) is 98.8 cm³/mol. The van der Waals surface area contributed by atoms with Crippen molar-refractivity contribution < 1.29 is 18.0 Å². The van der Waals surface area contributed by atoms with Crippen LogP contribution in [0.1, 0.15) is 34.0 Å². The zero-order valence-corrected chi connectivity index (χ0v) is 14.9. The molecule has 1 amide bonds. The summed E-state index contributed by atoms with van der Waals surface area (Å²) in [7, 11) is 0. The number of rotatable bonds is 3. The third-order valence-electron chi connectivity index (χ3n) is 5.22. The van der Waals surface area contributed by atoms with Crippen LogP contribution in [0.5, 0.6) is 0 Å². The molecule has 0 aliphatic carbocycles. The van der Waals surface area contributed by atoms with Crippen molar-refractivity contribution in [3.05, 3.63) is 71.0 Å². The van der Waals surface area contributed by atoms with Crippen LogP contribution in [0.25, 0.3) is 11.0 Å². The molecule has 2 unspecified atom stereocenters. The predicted octanol–water partition coefficient (Wildman–Crippen LogP) is 3.89. The van der Waals surface area contributed by atoms with Crippen LogP contribution in [0.3, 0.4) is 0 Å². The van der Waals surface area contributed by atoms with Crippen LogP contribution >= 0.6 is 0 Å². The first kappa shape index (κ1) is 17.7. The summed E-state index contributed by atoms with van der Waals surface area (Å²) in [6.07, 6.45) is 0.717. The smallest absolute Gasteiger partial charge is 0.287 e. The van der Waals surface area contributed by atoms with Crippen molar-refractivity contribution in [2.24, 2.45) is 0 Å². The zero-order valence-electron chi connectivity index (χ0n) is 14.9. The number of carbonyl (C=O) groups excluding carboxylic acids is 1. The maximum Gasteiger partial charge on any atom is 0.287 e. The Bertz CT molecular complexity index is 999. The molecule has 0 spiro atoms. The number of aryl methyl sites for hydroxylation is 1. The van der Waals surface area contributed by atoms with Crippen LogP contribution in [-0.2, 0) is 0 Å². The highest BCUT2D eigenvalue weighted by atomic mass is 19.2. The Morgan fingerprint density at radius 1 is 1.19 bits per heavy atom. The standard InChI is InChI=1S/C21H20F2N2O2/c1-12-14-4-2-3-5-19(14)27-20(12)21(26)25-18-11-24-9-8-15(18)13-6-7-16(22)17(23)10-13/h2-7,10,15,18,24H,8-9,11H2,1H3,(H,25,26). The van der Waals surface area contributed by atoms with Crippen molar-refractivity contribution >= 4 is 16.9 Å². The molecular formula is C21H20F2N2O2. The molecule has 2 heterocycles. The van der Waals surface area contributed by atoms with Gasteiger partial charge in [-0.15, -0.1) is 0 Å². The van der Waals surface area contributed by atoms with Gasteiger partial charge >= 0.3 is 0 Å². The van der Waals surface area contributed by atoms with Gasteiger partial charge in [-0.2, -0.15) is 0 Å². The molecule has 4 rings (SSSR count). The van der Waals surface area contributed by atoms with Gasteiger partial charge in [-0.25, -0.2) is 8.78 Å². The summed E-state index contributed by atoms with van der Waals surface area (Å²) in [4.78, 5) is 12.8. The number of para-hydroxylation sites is 1. The monoisotopic (exact) mass is 370 g/mol. The Labute approximate surface area is 155 Å². The normalized spacial score (nSPS) is 20.0. The third-order valence-corrected chi connectivity index (χ3v) is 5.22. The van der Waals surface area contributed by atoms with E-state index in [0.29, 0.717) is 17.7 Å². The van der Waals surface area contributed by atoms with Crippen LogP contribution in [0, 0.1) is 18.6 Å². The number of halogens is 2. The van der Waals surface area contributed by atoms with Gasteiger partial charge in [-0.1, -0.05) is 24.3 Å². The molecule has 0 radical (unpaired) electrons. The van der Waals surface area contributed by atoms with E-state index in [1.807, 2.05) is 31.2 Å². The van der Waals surface area contributed by atoms with Crippen LogP contribution in [0.15, 0.2) is 46.9 Å². The number of carbonyl (C=O) groups is 1. The number of piperidine rings is 1. The summed E-state index contributed by atoms with van der Waals surface area (Å²) >= 11 is 0. The average Bonchev–Trinajstić information content (AvgIpc) is 3.02. The zero-order chi connectivity index (χ0) is 19.0. The molecule has 1 saturated heterocycles. The molecular weight excluding hydrogens is 350 g/mol. The van der Waals surface area contributed by atoms with E-state index in [1.54, 1.807) is 6.07 Å². The summed E-state index contributed by atoms with van der Waals surface area (Å²) < 4.78 is 32.7. The minimum Gasteiger partial charge on any atom is -0.451 e. The van der Waals surface area contributed by atoms with E-state index >= 15 is 0 Å². The highest BCUT2D eigenvalue weighted by Gasteiger charge is 2.30. The lowest BCUT2D eigenvalue weighted by Gasteiger charge is -2.33. The highest BCUT2D eigenvalue weighted by molar-refractivity contribution is 5.99. The molecule has 1 fully saturated rings. The maximum absolute atomic E-state index is 13.7. The molecule has 2 aromatic carbocycles. The number of furan rings is 1. The molecule has 27 heavy (non-hydrogen) atoms. The molecule has 1 aliphatic rings. The molecule has 3 aromatic rings. The van der Waals surface area contributed by atoms with Crippen LogP contribution in [0.2, 0.25) is 0 Å². The van der Waals surface area contributed by atoms with Crippen molar-refractivity contribution in [1.29, 1.82) is 0 Å². The number of hydrogen-bond acceptors (Lipinski definition) is 3. The van der Waals surface area contributed by atoms with Crippen molar-refractivity contribution in [1.82, 2.24) is 10.6 Å². The maximum atomic E-state index is 13.7. The average molecular weight is 370 g/mol. The number of amides is 1. The van der Waals surface area contributed by atoms with Gasteiger partial charge in [0.1, 0.15) is 5.58 Å². The quantitative estimate of drug-likeness (QED) is 0.735. The van der Waals surface area contributed by atoms with E-state index in [1.165, 1.54) is 6.07 Å². The van der Waals surface area contributed by atoms with E-state index in [0.717, 1.165) is 30.0 Å². The van der Waals surface area contributed by atoms with Gasteiger partial charge in [0.2, 0.25) is 0 Å². The Morgan fingerprint density at radius 2 is 2.00 bits per heavy atom. The molecule has 6 heteroatoms. The highest BCUT2D eigenvalue weighted by Crippen LogP contribution is 2.29. The molecule has 0 saturated carbocycles. The lowest BCUT2D eigenvalue weighted by Crippen LogP contribution is -2.50. The second-order valence-electron chi connectivity index (χ2n) is 6.91. The van der Waals surface area contributed by atoms with Gasteiger partial charge in [0.15, 0.2) is 17.4 Å². The van der Waals surface area contributed by atoms with Crippen LogP contribution in [0.4, 0.5) is 8.78 Å². The summed E-state index contributed by atoms with van der Waals surface area (Å²) in [5, 5.41) is 7.16. The Morgan fingerprint density at radius 3 is 2.78 bits per heavy atom. The summed E-state index contributed by atoms with van der Waals surface area (Å²) in [5.74, 6) is -1.86. The van der Waals surface area contributed by atoms with Crippen molar-refractivity contribution in [2.45, 2.75) is 25.3 Å². The van der Waals surface area contributed by atoms with Crippen molar-refractivity contribution in [3.8, 4) is 0 Å². The number of hydrogen-bond donors (Lipinski definition) is 2. The van der Waals surface area contributed by atoms with E-state index in [-0.39, 0.29) is 23.6 Å².